The number of hydrogen-bond acceptors (Lipinski definition) is 1. The molecule has 0 heterocycles. The second kappa shape index (κ2) is 8.28. The molecule has 1 aliphatic rings. The summed E-state index contributed by atoms with van der Waals surface area (Å²) in [5, 5.41) is 0. The Hall–Kier alpha value is -2.41. The predicted molar refractivity (Wildman–Crippen MR) is 101 cm³/mol. The standard InChI is InChI=1S/C18H16O.C2H6.C2H4/c1-4-13-11(2)9-10-16-17(13)12(3)14-7-5-6-8-15(14)18(16)19;2*1-2/h5-10H,3-4H2,1-2H3;1-2H3;1-2H2. The fourth-order valence-electron chi connectivity index (χ4n) is 2.97. The Morgan fingerprint density at radius 1 is 0.913 bits per heavy atom. The van der Waals surface area contributed by atoms with Gasteiger partial charge in [0.2, 0.25) is 0 Å². The van der Waals surface area contributed by atoms with Gasteiger partial charge < -0.3 is 0 Å². The van der Waals surface area contributed by atoms with Crippen LogP contribution in [0.3, 0.4) is 0 Å². The average molecular weight is 306 g/mol. The van der Waals surface area contributed by atoms with Crippen molar-refractivity contribution in [1.29, 1.82) is 0 Å². The van der Waals surface area contributed by atoms with E-state index in [1.54, 1.807) is 0 Å². The highest BCUT2D eigenvalue weighted by atomic mass is 16.1. The van der Waals surface area contributed by atoms with Crippen molar-refractivity contribution in [3.05, 3.63) is 89.5 Å². The third-order valence-electron chi connectivity index (χ3n) is 3.94. The number of fused-ring (bicyclic) bond motifs is 2. The molecule has 2 aromatic carbocycles. The van der Waals surface area contributed by atoms with E-state index in [9.17, 15) is 4.79 Å². The van der Waals surface area contributed by atoms with Crippen molar-refractivity contribution in [2.24, 2.45) is 0 Å². The Bertz CT molecular complexity index is 723. The number of aryl methyl sites for hydroxylation is 1. The first-order valence-corrected chi connectivity index (χ1v) is 8.11. The molecule has 0 aliphatic heterocycles. The first-order valence-electron chi connectivity index (χ1n) is 8.11. The summed E-state index contributed by atoms with van der Waals surface area (Å²) < 4.78 is 0. The summed E-state index contributed by atoms with van der Waals surface area (Å²) in [7, 11) is 0. The van der Waals surface area contributed by atoms with Gasteiger partial charge in [-0.1, -0.05) is 63.7 Å². The van der Waals surface area contributed by atoms with E-state index in [1.807, 2.05) is 50.2 Å². The normalized spacial score (nSPS) is 11.3. The van der Waals surface area contributed by atoms with E-state index in [0.29, 0.717) is 0 Å². The molecule has 1 nitrogen and oxygen atoms in total. The van der Waals surface area contributed by atoms with Crippen LogP contribution in [0.2, 0.25) is 0 Å². The second-order valence-electron chi connectivity index (χ2n) is 4.99. The van der Waals surface area contributed by atoms with E-state index in [-0.39, 0.29) is 5.78 Å². The summed E-state index contributed by atoms with van der Waals surface area (Å²) in [6.45, 7) is 18.4. The molecule has 0 aromatic heterocycles. The summed E-state index contributed by atoms with van der Waals surface area (Å²) in [5.74, 6) is 0.118. The molecular weight excluding hydrogens is 280 g/mol. The van der Waals surface area contributed by atoms with E-state index in [4.69, 9.17) is 0 Å². The molecule has 2 aromatic rings. The summed E-state index contributed by atoms with van der Waals surface area (Å²) in [6.07, 6.45) is 0.920. The monoisotopic (exact) mass is 306 g/mol. The summed E-state index contributed by atoms with van der Waals surface area (Å²) >= 11 is 0. The van der Waals surface area contributed by atoms with Gasteiger partial charge in [0.25, 0.3) is 0 Å². The Balaban J connectivity index is 0.000000615. The van der Waals surface area contributed by atoms with Crippen LogP contribution in [0.15, 0.2) is 56.1 Å². The van der Waals surface area contributed by atoms with Gasteiger partial charge in [0.05, 0.1) is 0 Å². The maximum absolute atomic E-state index is 12.6. The van der Waals surface area contributed by atoms with Crippen LogP contribution >= 0.6 is 0 Å². The zero-order valence-electron chi connectivity index (χ0n) is 14.7. The lowest BCUT2D eigenvalue weighted by atomic mass is 9.78. The quantitative estimate of drug-likeness (QED) is 0.504. The third kappa shape index (κ3) is 3.19. The minimum Gasteiger partial charge on any atom is -0.289 e. The van der Waals surface area contributed by atoms with E-state index >= 15 is 0 Å². The lowest BCUT2D eigenvalue weighted by Gasteiger charge is -2.24. The van der Waals surface area contributed by atoms with Crippen LogP contribution in [0.1, 0.15) is 58.9 Å². The van der Waals surface area contributed by atoms with Gasteiger partial charge in [-0.05, 0) is 41.2 Å². The van der Waals surface area contributed by atoms with Gasteiger partial charge in [0.1, 0.15) is 0 Å². The number of ketones is 1. The lowest BCUT2D eigenvalue weighted by molar-refractivity contribution is 0.103. The van der Waals surface area contributed by atoms with E-state index < -0.39 is 0 Å². The molecule has 0 saturated carbocycles. The molecule has 120 valence electrons. The molecule has 0 saturated heterocycles. The van der Waals surface area contributed by atoms with Gasteiger partial charge in [-0.15, -0.1) is 13.2 Å². The highest BCUT2D eigenvalue weighted by molar-refractivity contribution is 6.19. The van der Waals surface area contributed by atoms with Gasteiger partial charge in [-0.2, -0.15) is 0 Å². The Morgan fingerprint density at radius 3 is 2.04 bits per heavy atom. The molecule has 0 fully saturated rings. The topological polar surface area (TPSA) is 17.1 Å². The van der Waals surface area contributed by atoms with Crippen molar-refractivity contribution in [1.82, 2.24) is 0 Å². The molecule has 23 heavy (non-hydrogen) atoms. The minimum atomic E-state index is 0.118. The predicted octanol–water partition coefficient (Wildman–Crippen LogP) is 5.99. The number of carbonyl (C=O) groups excluding carboxylic acids is 1. The summed E-state index contributed by atoms with van der Waals surface area (Å²) in [4.78, 5) is 12.6. The van der Waals surface area contributed by atoms with Crippen LogP contribution in [0.4, 0.5) is 0 Å². The average Bonchev–Trinajstić information content (AvgIpc) is 2.63. The number of rotatable bonds is 1. The van der Waals surface area contributed by atoms with Crippen molar-refractivity contribution in [2.75, 3.05) is 0 Å². The maximum atomic E-state index is 12.6. The molecule has 3 rings (SSSR count). The molecule has 1 aliphatic carbocycles. The van der Waals surface area contributed by atoms with Gasteiger partial charge in [0, 0.05) is 11.1 Å². The van der Waals surface area contributed by atoms with Crippen molar-refractivity contribution in [2.45, 2.75) is 34.1 Å². The van der Waals surface area contributed by atoms with Crippen LogP contribution in [-0.2, 0) is 6.42 Å². The number of carbonyl (C=O) groups is 1. The zero-order chi connectivity index (χ0) is 17.6. The summed E-state index contributed by atoms with van der Waals surface area (Å²) in [6, 6.07) is 11.7. The molecule has 1 heteroatoms. The lowest BCUT2D eigenvalue weighted by Crippen LogP contribution is -2.16. The van der Waals surface area contributed by atoms with Gasteiger partial charge in [0.15, 0.2) is 5.78 Å². The molecule has 0 unspecified atom stereocenters. The zero-order valence-corrected chi connectivity index (χ0v) is 14.7. The number of benzene rings is 2. The van der Waals surface area contributed by atoms with Crippen molar-refractivity contribution in [3.8, 4) is 0 Å². The Morgan fingerprint density at radius 2 is 1.48 bits per heavy atom. The van der Waals surface area contributed by atoms with Crippen molar-refractivity contribution < 1.29 is 4.79 Å². The summed E-state index contributed by atoms with van der Waals surface area (Å²) in [5.41, 5.74) is 7.04. The van der Waals surface area contributed by atoms with Gasteiger partial charge in [-0.25, -0.2) is 0 Å². The van der Waals surface area contributed by atoms with Gasteiger partial charge >= 0.3 is 0 Å². The van der Waals surface area contributed by atoms with Crippen molar-refractivity contribution >= 4 is 11.4 Å². The van der Waals surface area contributed by atoms with E-state index in [0.717, 1.165) is 34.2 Å². The van der Waals surface area contributed by atoms with E-state index in [2.05, 4.69) is 33.6 Å². The first-order chi connectivity index (χ1) is 11.1. The fraction of sp³-hybridized carbons (Fsp3) is 0.227. The highest BCUT2D eigenvalue weighted by Crippen LogP contribution is 2.37. The molecule has 0 atom stereocenters. The maximum Gasteiger partial charge on any atom is 0.194 e. The van der Waals surface area contributed by atoms with E-state index in [1.165, 1.54) is 11.1 Å². The van der Waals surface area contributed by atoms with Gasteiger partial charge in [-0.3, -0.25) is 4.79 Å². The fourth-order valence-corrected chi connectivity index (χ4v) is 2.97. The van der Waals surface area contributed by atoms with Crippen LogP contribution in [0, 0.1) is 6.92 Å². The minimum absolute atomic E-state index is 0.118. The first kappa shape index (κ1) is 18.6. The molecule has 0 bridgehead atoms. The SMILES string of the molecule is C=C.C=C1c2ccccc2C(=O)c2ccc(C)c(CC)c21.CC. The van der Waals surface area contributed by atoms with Crippen LogP contribution in [-0.4, -0.2) is 5.78 Å². The van der Waals surface area contributed by atoms with Crippen LogP contribution < -0.4 is 0 Å². The Kier molecular flexibility index (Phi) is 6.71. The highest BCUT2D eigenvalue weighted by Gasteiger charge is 2.27. The molecule has 0 radical (unpaired) electrons. The smallest absolute Gasteiger partial charge is 0.194 e. The Labute approximate surface area is 140 Å². The van der Waals surface area contributed by atoms with Crippen LogP contribution in [0.25, 0.3) is 5.57 Å². The largest absolute Gasteiger partial charge is 0.289 e. The van der Waals surface area contributed by atoms with Crippen molar-refractivity contribution in [3.63, 3.8) is 0 Å². The second-order valence-corrected chi connectivity index (χ2v) is 4.99. The molecule has 0 N–H and O–H groups in total. The van der Waals surface area contributed by atoms with Crippen LogP contribution in [0.5, 0.6) is 0 Å². The third-order valence-corrected chi connectivity index (χ3v) is 3.94. The molecule has 0 amide bonds. The number of hydrogen-bond donors (Lipinski definition) is 0. The molecule has 0 spiro atoms. The molecular formula is C22H26O.